The van der Waals surface area contributed by atoms with Crippen molar-refractivity contribution in [1.82, 2.24) is 0 Å². The van der Waals surface area contributed by atoms with Gasteiger partial charge in [-0.05, 0) is 23.2 Å². The third-order valence-corrected chi connectivity index (χ3v) is 1.76. The molecule has 0 aliphatic rings. The molecule has 0 spiro atoms. The van der Waals surface area contributed by atoms with E-state index in [1.54, 1.807) is 19.2 Å². The Morgan fingerprint density at radius 1 is 1.50 bits per heavy atom. The summed E-state index contributed by atoms with van der Waals surface area (Å²) >= 11 is 0. The number of azide groups is 1. The maximum atomic E-state index is 9.18. The van der Waals surface area contributed by atoms with Gasteiger partial charge in [-0.1, -0.05) is 17.2 Å². The number of rotatable bonds is 4. The van der Waals surface area contributed by atoms with Crippen molar-refractivity contribution in [3.8, 4) is 5.75 Å². The summed E-state index contributed by atoms with van der Waals surface area (Å²) in [5, 5.41) is 12.3. The molecule has 74 valence electrons. The molecule has 1 aromatic carbocycles. The highest BCUT2D eigenvalue weighted by atomic mass is 16.5. The summed E-state index contributed by atoms with van der Waals surface area (Å²) in [6, 6.07) is 7.21. The third-order valence-electron chi connectivity index (χ3n) is 1.76. The molecule has 0 aliphatic heterocycles. The Bertz CT molecular complexity index is 330. The molecule has 0 saturated carbocycles. The van der Waals surface area contributed by atoms with E-state index in [0.717, 1.165) is 11.3 Å². The van der Waals surface area contributed by atoms with Crippen molar-refractivity contribution in [2.24, 2.45) is 5.11 Å². The first-order chi connectivity index (χ1) is 6.76. The van der Waals surface area contributed by atoms with Gasteiger partial charge in [0.05, 0.1) is 7.11 Å². The Kier molecular flexibility index (Phi) is 3.79. The maximum Gasteiger partial charge on any atom is 0.137 e. The van der Waals surface area contributed by atoms with Gasteiger partial charge >= 0.3 is 0 Å². The van der Waals surface area contributed by atoms with Crippen LogP contribution in [0.3, 0.4) is 0 Å². The zero-order chi connectivity index (χ0) is 10.4. The van der Waals surface area contributed by atoms with Crippen molar-refractivity contribution < 1.29 is 9.84 Å². The Hall–Kier alpha value is -1.71. The van der Waals surface area contributed by atoms with Gasteiger partial charge in [0.1, 0.15) is 12.0 Å². The largest absolute Gasteiger partial charge is 0.497 e. The fraction of sp³-hybridized carbons (Fsp3) is 0.333. The zero-order valence-electron chi connectivity index (χ0n) is 7.79. The number of aliphatic hydroxyl groups is 1. The summed E-state index contributed by atoms with van der Waals surface area (Å²) < 4.78 is 4.98. The Morgan fingerprint density at radius 3 is 2.64 bits per heavy atom. The van der Waals surface area contributed by atoms with E-state index < -0.39 is 6.23 Å². The van der Waals surface area contributed by atoms with Crippen LogP contribution in [0.4, 0.5) is 0 Å². The van der Waals surface area contributed by atoms with Crippen molar-refractivity contribution in [2.45, 2.75) is 12.6 Å². The average molecular weight is 193 g/mol. The van der Waals surface area contributed by atoms with Crippen LogP contribution in [0, 0.1) is 0 Å². The van der Waals surface area contributed by atoms with E-state index >= 15 is 0 Å². The van der Waals surface area contributed by atoms with E-state index in [1.165, 1.54) is 0 Å². The second kappa shape index (κ2) is 5.11. The van der Waals surface area contributed by atoms with Crippen molar-refractivity contribution in [1.29, 1.82) is 0 Å². The molecular weight excluding hydrogens is 182 g/mol. The minimum atomic E-state index is -1.01. The van der Waals surface area contributed by atoms with Gasteiger partial charge in [0, 0.05) is 11.3 Å². The smallest absolute Gasteiger partial charge is 0.137 e. The minimum Gasteiger partial charge on any atom is -0.497 e. The molecule has 0 amide bonds. The lowest BCUT2D eigenvalue weighted by Crippen LogP contribution is -2.05. The molecule has 1 rings (SSSR count). The lowest BCUT2D eigenvalue weighted by molar-refractivity contribution is 0.183. The van der Waals surface area contributed by atoms with E-state index in [0.29, 0.717) is 6.42 Å². The second-order valence-electron chi connectivity index (χ2n) is 2.74. The summed E-state index contributed by atoms with van der Waals surface area (Å²) in [5.41, 5.74) is 8.97. The highest BCUT2D eigenvalue weighted by Gasteiger charge is 2.02. The molecule has 1 aromatic rings. The van der Waals surface area contributed by atoms with Gasteiger partial charge in [-0.3, -0.25) is 0 Å². The van der Waals surface area contributed by atoms with Crippen LogP contribution in [0.1, 0.15) is 5.56 Å². The number of nitrogens with zero attached hydrogens (tertiary/aromatic N) is 3. The zero-order valence-corrected chi connectivity index (χ0v) is 7.79. The van der Waals surface area contributed by atoms with Crippen LogP contribution < -0.4 is 4.74 Å². The predicted molar refractivity (Wildman–Crippen MR) is 51.9 cm³/mol. The highest BCUT2D eigenvalue weighted by Crippen LogP contribution is 2.12. The van der Waals surface area contributed by atoms with Crippen LogP contribution in [0.15, 0.2) is 29.4 Å². The first-order valence-corrected chi connectivity index (χ1v) is 4.11. The molecule has 0 bridgehead atoms. The number of methoxy groups -OCH3 is 1. The van der Waals surface area contributed by atoms with Gasteiger partial charge in [-0.15, -0.1) is 0 Å². The first-order valence-electron chi connectivity index (χ1n) is 4.11. The van der Waals surface area contributed by atoms with Gasteiger partial charge in [0.15, 0.2) is 0 Å². The molecule has 5 heteroatoms. The second-order valence-corrected chi connectivity index (χ2v) is 2.74. The van der Waals surface area contributed by atoms with Crippen LogP contribution in [0.2, 0.25) is 0 Å². The van der Waals surface area contributed by atoms with Gasteiger partial charge in [-0.25, -0.2) is 0 Å². The van der Waals surface area contributed by atoms with Crippen molar-refractivity contribution >= 4 is 0 Å². The quantitative estimate of drug-likeness (QED) is 0.450. The monoisotopic (exact) mass is 193 g/mol. The van der Waals surface area contributed by atoms with Gasteiger partial charge < -0.3 is 9.84 Å². The summed E-state index contributed by atoms with van der Waals surface area (Å²) in [6.07, 6.45) is -0.693. The predicted octanol–water partition coefficient (Wildman–Crippen LogP) is 1.87. The Balaban J connectivity index is 2.63. The van der Waals surface area contributed by atoms with Crippen LogP contribution in [0.5, 0.6) is 5.75 Å². The van der Waals surface area contributed by atoms with E-state index in [2.05, 4.69) is 10.0 Å². The van der Waals surface area contributed by atoms with Crippen molar-refractivity contribution in [3.05, 3.63) is 40.3 Å². The number of hydrogen-bond acceptors (Lipinski definition) is 3. The normalized spacial score (nSPS) is 11.6. The molecule has 0 fully saturated rings. The molecule has 0 radical (unpaired) electrons. The summed E-state index contributed by atoms with van der Waals surface area (Å²) in [4.78, 5) is 2.52. The van der Waals surface area contributed by atoms with E-state index in [9.17, 15) is 5.11 Å². The van der Waals surface area contributed by atoms with Crippen molar-refractivity contribution in [3.63, 3.8) is 0 Å². The van der Waals surface area contributed by atoms with Gasteiger partial charge in [0.25, 0.3) is 0 Å². The molecule has 0 saturated heterocycles. The Labute approximate surface area is 81.6 Å². The average Bonchev–Trinajstić information content (AvgIpc) is 2.19. The standard InChI is InChI=1S/C9H11N3O2/c1-14-8-4-2-7(3-5-8)6-9(13)11-12-10/h2-5,9,13H,6H2,1H3/t9-/m1/s1. The lowest BCUT2D eigenvalue weighted by Gasteiger charge is -2.04. The van der Waals surface area contributed by atoms with Crippen LogP contribution in [-0.4, -0.2) is 18.4 Å². The molecule has 5 nitrogen and oxygen atoms in total. The van der Waals surface area contributed by atoms with Crippen LogP contribution >= 0.6 is 0 Å². The SMILES string of the molecule is COc1ccc(C[C@@H](O)N=[N+]=[N-])cc1. The molecule has 0 heterocycles. The van der Waals surface area contributed by atoms with Gasteiger partial charge in [0.2, 0.25) is 0 Å². The van der Waals surface area contributed by atoms with E-state index in [4.69, 9.17) is 10.3 Å². The van der Waals surface area contributed by atoms with Crippen molar-refractivity contribution in [2.75, 3.05) is 7.11 Å². The first kappa shape index (κ1) is 10.4. The third kappa shape index (κ3) is 2.97. The maximum absolute atomic E-state index is 9.18. The Morgan fingerprint density at radius 2 is 2.14 bits per heavy atom. The number of hydrogen-bond donors (Lipinski definition) is 1. The summed E-state index contributed by atoms with van der Waals surface area (Å²) in [7, 11) is 1.59. The molecule has 0 unspecified atom stereocenters. The topological polar surface area (TPSA) is 78.2 Å². The number of aliphatic hydroxyl groups excluding tert-OH is 1. The van der Waals surface area contributed by atoms with E-state index in [1.807, 2.05) is 12.1 Å². The molecule has 0 aliphatic carbocycles. The lowest BCUT2D eigenvalue weighted by atomic mass is 10.1. The number of benzene rings is 1. The molecular formula is C9H11N3O2. The fourth-order valence-electron chi connectivity index (χ4n) is 1.07. The van der Waals surface area contributed by atoms with Gasteiger partial charge in [-0.2, -0.15) is 0 Å². The summed E-state index contributed by atoms with van der Waals surface area (Å²) in [6.45, 7) is 0. The van der Waals surface area contributed by atoms with Crippen LogP contribution in [-0.2, 0) is 6.42 Å². The minimum absolute atomic E-state index is 0.314. The molecule has 14 heavy (non-hydrogen) atoms. The molecule has 1 N–H and O–H groups in total. The van der Waals surface area contributed by atoms with E-state index in [-0.39, 0.29) is 0 Å². The summed E-state index contributed by atoms with van der Waals surface area (Å²) in [5.74, 6) is 0.757. The molecule has 0 aromatic heterocycles. The molecule has 1 atom stereocenters. The number of ether oxygens (including phenoxy) is 1. The highest BCUT2D eigenvalue weighted by molar-refractivity contribution is 5.27. The fourth-order valence-corrected chi connectivity index (χ4v) is 1.07. The van der Waals surface area contributed by atoms with Crippen LogP contribution in [0.25, 0.3) is 10.4 Å².